The van der Waals surface area contributed by atoms with Crippen molar-refractivity contribution in [1.29, 1.82) is 0 Å². The molecule has 0 aromatic heterocycles. The molecular formula is C14H17ClN2O3. The number of nitro groups is 1. The van der Waals surface area contributed by atoms with Gasteiger partial charge in [-0.3, -0.25) is 14.9 Å². The molecule has 2 rings (SSSR count). The maximum atomic E-state index is 12.5. The van der Waals surface area contributed by atoms with Crippen LogP contribution in [0.5, 0.6) is 0 Å². The van der Waals surface area contributed by atoms with Gasteiger partial charge >= 0.3 is 5.69 Å². The summed E-state index contributed by atoms with van der Waals surface area (Å²) in [7, 11) is 0. The van der Waals surface area contributed by atoms with Crippen molar-refractivity contribution < 1.29 is 9.72 Å². The number of carbonyl (C=O) groups excluding carboxylic acids is 1. The molecule has 1 aromatic carbocycles. The minimum absolute atomic E-state index is 0.000423. The van der Waals surface area contributed by atoms with Crippen molar-refractivity contribution in [2.45, 2.75) is 20.3 Å². The molecule has 1 unspecified atom stereocenters. The van der Waals surface area contributed by atoms with Gasteiger partial charge < -0.3 is 4.90 Å². The van der Waals surface area contributed by atoms with E-state index in [1.165, 1.54) is 12.1 Å². The standard InChI is InChI=1S/C14H17ClN2O3/c1-9(2)10-6-7-16(8-10)14(18)11-4-3-5-12(15)13(11)17(19)20/h3-5,9-10H,6-8H2,1-2H3. The number of likely N-dealkylation sites (tertiary alicyclic amines) is 1. The number of carbonyl (C=O) groups is 1. The van der Waals surface area contributed by atoms with Gasteiger partial charge in [-0.05, 0) is 30.4 Å². The van der Waals surface area contributed by atoms with E-state index in [1.54, 1.807) is 11.0 Å². The zero-order valence-electron chi connectivity index (χ0n) is 11.5. The Balaban J connectivity index is 2.27. The molecule has 1 aromatic rings. The number of benzene rings is 1. The predicted molar refractivity (Wildman–Crippen MR) is 77.0 cm³/mol. The molecule has 0 saturated carbocycles. The van der Waals surface area contributed by atoms with Crippen LogP contribution in [0.3, 0.4) is 0 Å². The van der Waals surface area contributed by atoms with Crippen LogP contribution in [-0.2, 0) is 0 Å². The summed E-state index contributed by atoms with van der Waals surface area (Å²) >= 11 is 5.84. The first kappa shape index (κ1) is 14.8. The van der Waals surface area contributed by atoms with Crippen LogP contribution in [-0.4, -0.2) is 28.8 Å². The maximum Gasteiger partial charge on any atom is 0.300 e. The fourth-order valence-electron chi connectivity index (χ4n) is 2.56. The summed E-state index contributed by atoms with van der Waals surface area (Å²) in [5.74, 6) is 0.654. The fourth-order valence-corrected chi connectivity index (χ4v) is 2.80. The highest BCUT2D eigenvalue weighted by molar-refractivity contribution is 6.33. The molecule has 6 heteroatoms. The summed E-state index contributed by atoms with van der Waals surface area (Å²) in [6.07, 6.45) is 0.942. The molecule has 1 atom stereocenters. The maximum absolute atomic E-state index is 12.5. The topological polar surface area (TPSA) is 63.5 Å². The molecule has 0 N–H and O–H groups in total. The Bertz CT molecular complexity index is 545. The first-order valence-electron chi connectivity index (χ1n) is 6.64. The molecule has 0 aliphatic carbocycles. The number of halogens is 1. The van der Waals surface area contributed by atoms with Gasteiger partial charge in [-0.2, -0.15) is 0 Å². The van der Waals surface area contributed by atoms with Crippen LogP contribution >= 0.6 is 11.6 Å². The lowest BCUT2D eigenvalue weighted by Crippen LogP contribution is -2.30. The number of rotatable bonds is 3. The van der Waals surface area contributed by atoms with Gasteiger partial charge in [0.2, 0.25) is 0 Å². The molecule has 1 saturated heterocycles. The largest absolute Gasteiger partial charge is 0.338 e. The molecule has 5 nitrogen and oxygen atoms in total. The average molecular weight is 297 g/mol. The summed E-state index contributed by atoms with van der Waals surface area (Å²) in [5.41, 5.74) is -0.223. The van der Waals surface area contributed by atoms with Crippen LogP contribution in [0.4, 0.5) is 5.69 Å². The second kappa shape index (κ2) is 5.79. The Labute approximate surface area is 122 Å². The van der Waals surface area contributed by atoms with Gasteiger partial charge in [0.15, 0.2) is 0 Å². The molecule has 0 spiro atoms. The van der Waals surface area contributed by atoms with Crippen LogP contribution in [0.1, 0.15) is 30.6 Å². The Hall–Kier alpha value is -1.62. The van der Waals surface area contributed by atoms with Gasteiger partial charge in [-0.1, -0.05) is 31.5 Å². The van der Waals surface area contributed by atoms with Crippen molar-refractivity contribution >= 4 is 23.2 Å². The van der Waals surface area contributed by atoms with E-state index in [0.29, 0.717) is 24.9 Å². The summed E-state index contributed by atoms with van der Waals surface area (Å²) in [4.78, 5) is 24.6. The van der Waals surface area contributed by atoms with E-state index >= 15 is 0 Å². The molecule has 108 valence electrons. The third-order valence-electron chi connectivity index (χ3n) is 3.85. The number of nitro benzene ring substituents is 1. The lowest BCUT2D eigenvalue weighted by atomic mass is 9.95. The highest BCUT2D eigenvalue weighted by Crippen LogP contribution is 2.31. The molecule has 1 aliphatic heterocycles. The normalized spacial score (nSPS) is 18.6. The Morgan fingerprint density at radius 2 is 2.20 bits per heavy atom. The van der Waals surface area contributed by atoms with Crippen molar-refractivity contribution in [3.8, 4) is 0 Å². The average Bonchev–Trinajstić information content (AvgIpc) is 2.86. The molecule has 1 heterocycles. The minimum Gasteiger partial charge on any atom is -0.338 e. The fraction of sp³-hybridized carbons (Fsp3) is 0.500. The molecule has 20 heavy (non-hydrogen) atoms. The van der Waals surface area contributed by atoms with E-state index in [1.807, 2.05) is 0 Å². The van der Waals surface area contributed by atoms with Crippen LogP contribution in [0, 0.1) is 22.0 Å². The zero-order chi connectivity index (χ0) is 14.9. The van der Waals surface area contributed by atoms with Gasteiger partial charge in [0.05, 0.1) is 4.92 Å². The Kier molecular flexibility index (Phi) is 4.28. The number of nitrogens with zero attached hydrogens (tertiary/aromatic N) is 2. The van der Waals surface area contributed by atoms with E-state index in [2.05, 4.69) is 13.8 Å². The zero-order valence-corrected chi connectivity index (χ0v) is 12.3. The van der Waals surface area contributed by atoms with Crippen LogP contribution in [0.2, 0.25) is 5.02 Å². The van der Waals surface area contributed by atoms with Crippen LogP contribution in [0.15, 0.2) is 18.2 Å². The van der Waals surface area contributed by atoms with Crippen molar-refractivity contribution in [3.63, 3.8) is 0 Å². The SMILES string of the molecule is CC(C)C1CCN(C(=O)c2cccc(Cl)c2[N+](=O)[O-])C1. The van der Waals surface area contributed by atoms with Gasteiger partial charge in [-0.25, -0.2) is 0 Å². The van der Waals surface area contributed by atoms with Crippen molar-refractivity contribution in [2.75, 3.05) is 13.1 Å². The van der Waals surface area contributed by atoms with E-state index in [-0.39, 0.29) is 22.2 Å². The molecule has 0 bridgehead atoms. The van der Waals surface area contributed by atoms with Crippen molar-refractivity contribution in [1.82, 2.24) is 4.90 Å². The monoisotopic (exact) mass is 296 g/mol. The van der Waals surface area contributed by atoms with Crippen molar-refractivity contribution in [3.05, 3.63) is 38.9 Å². The highest BCUT2D eigenvalue weighted by atomic mass is 35.5. The second-order valence-electron chi connectivity index (χ2n) is 5.44. The van der Waals surface area contributed by atoms with E-state index in [4.69, 9.17) is 11.6 Å². The quantitative estimate of drug-likeness (QED) is 0.634. The molecular weight excluding hydrogens is 280 g/mol. The van der Waals surface area contributed by atoms with Crippen LogP contribution < -0.4 is 0 Å². The first-order valence-corrected chi connectivity index (χ1v) is 7.01. The third-order valence-corrected chi connectivity index (χ3v) is 4.16. The first-order chi connectivity index (χ1) is 9.41. The van der Waals surface area contributed by atoms with Gasteiger partial charge in [0.1, 0.15) is 10.6 Å². The molecule has 1 fully saturated rings. The summed E-state index contributed by atoms with van der Waals surface area (Å²) < 4.78 is 0. The predicted octanol–water partition coefficient (Wildman–Crippen LogP) is 3.37. The smallest absolute Gasteiger partial charge is 0.300 e. The molecule has 1 aliphatic rings. The second-order valence-corrected chi connectivity index (χ2v) is 5.84. The number of hydrogen-bond donors (Lipinski definition) is 0. The van der Waals surface area contributed by atoms with Crippen molar-refractivity contribution in [2.24, 2.45) is 11.8 Å². The molecule has 1 amide bonds. The van der Waals surface area contributed by atoms with E-state index in [0.717, 1.165) is 6.42 Å². The summed E-state index contributed by atoms with van der Waals surface area (Å²) in [6.45, 7) is 5.55. The van der Waals surface area contributed by atoms with E-state index < -0.39 is 4.92 Å². The summed E-state index contributed by atoms with van der Waals surface area (Å²) in [6, 6.07) is 4.46. The Morgan fingerprint density at radius 1 is 1.50 bits per heavy atom. The lowest BCUT2D eigenvalue weighted by Gasteiger charge is -2.18. The van der Waals surface area contributed by atoms with Gasteiger partial charge in [0.25, 0.3) is 5.91 Å². The Morgan fingerprint density at radius 3 is 2.75 bits per heavy atom. The van der Waals surface area contributed by atoms with E-state index in [9.17, 15) is 14.9 Å². The van der Waals surface area contributed by atoms with Crippen LogP contribution in [0.25, 0.3) is 0 Å². The number of hydrogen-bond acceptors (Lipinski definition) is 3. The number of para-hydroxylation sites is 1. The molecule has 0 radical (unpaired) electrons. The summed E-state index contributed by atoms with van der Waals surface area (Å²) in [5, 5.41) is 11.1. The van der Waals surface area contributed by atoms with Gasteiger partial charge in [-0.15, -0.1) is 0 Å². The number of amides is 1. The van der Waals surface area contributed by atoms with Gasteiger partial charge in [0, 0.05) is 13.1 Å². The lowest BCUT2D eigenvalue weighted by molar-refractivity contribution is -0.385. The highest BCUT2D eigenvalue weighted by Gasteiger charge is 2.32. The minimum atomic E-state index is -0.592. The third kappa shape index (κ3) is 2.77.